The molecule has 0 bridgehead atoms. The fraction of sp³-hybridized carbons (Fsp3) is 0.333. The maximum absolute atomic E-state index is 2.07. The van der Waals surface area contributed by atoms with Gasteiger partial charge in [-0.25, -0.2) is 0 Å². The monoisotopic (exact) mass is 178 g/mol. The lowest BCUT2D eigenvalue weighted by molar-refractivity contribution is 1.79. The zero-order chi connectivity index (χ0) is 6.95. The van der Waals surface area contributed by atoms with Crippen molar-refractivity contribution in [2.24, 2.45) is 0 Å². The molecule has 0 nitrogen and oxygen atoms in total. The fourth-order valence-corrected chi connectivity index (χ4v) is 2.84. The van der Waals surface area contributed by atoms with Gasteiger partial charge in [0.25, 0.3) is 0 Å². The number of hydrogen-bond acceptors (Lipinski definition) is 3. The second-order valence-electron chi connectivity index (χ2n) is 1.20. The van der Waals surface area contributed by atoms with Crippen LogP contribution in [0.5, 0.6) is 0 Å². The first-order chi connectivity index (χ1) is 4.41. The lowest BCUT2D eigenvalue weighted by Gasteiger charge is -1.85. The van der Waals surface area contributed by atoms with Crippen LogP contribution < -0.4 is 0 Å². The molecule has 0 saturated carbocycles. The molecule has 0 unspecified atom stereocenters. The van der Waals surface area contributed by atoms with Gasteiger partial charge in [0, 0.05) is 0 Å². The predicted molar refractivity (Wildman–Crippen MR) is 52.4 cm³/mol. The summed E-state index contributed by atoms with van der Waals surface area (Å²) in [5, 5.41) is 4.14. The first kappa shape index (κ1) is 9.53. The summed E-state index contributed by atoms with van der Waals surface area (Å²) in [5.74, 6) is 0. The highest BCUT2D eigenvalue weighted by Crippen LogP contribution is 2.35. The Bertz CT molecular complexity index is 84.5. The lowest BCUT2D eigenvalue weighted by Crippen LogP contribution is -1.38. The molecule has 0 saturated heterocycles. The van der Waals surface area contributed by atoms with Gasteiger partial charge in [-0.05, 0) is 34.5 Å². The molecular weight excluding hydrogens is 168 g/mol. The summed E-state index contributed by atoms with van der Waals surface area (Å²) in [4.78, 5) is 0. The smallest absolute Gasteiger partial charge is 0.0158 e. The van der Waals surface area contributed by atoms with E-state index in [0.717, 1.165) is 0 Å². The van der Waals surface area contributed by atoms with E-state index in [1.165, 1.54) is 0 Å². The summed E-state index contributed by atoms with van der Waals surface area (Å²) in [6, 6.07) is 0. The lowest BCUT2D eigenvalue weighted by atomic mass is 10.8. The molecule has 0 aromatic rings. The van der Waals surface area contributed by atoms with Gasteiger partial charge in [0.1, 0.15) is 0 Å². The predicted octanol–water partition coefficient (Wildman–Crippen LogP) is 4.08. The van der Waals surface area contributed by atoms with Crippen LogP contribution in [0.1, 0.15) is 13.8 Å². The molecule has 0 heterocycles. The highest BCUT2D eigenvalue weighted by atomic mass is 33.5. The van der Waals surface area contributed by atoms with Crippen LogP contribution in [-0.2, 0) is 0 Å². The van der Waals surface area contributed by atoms with E-state index >= 15 is 0 Å². The van der Waals surface area contributed by atoms with Gasteiger partial charge >= 0.3 is 0 Å². The van der Waals surface area contributed by atoms with E-state index in [-0.39, 0.29) is 0 Å². The normalized spacial score (nSPS) is 11.8. The molecular formula is C6H10S3. The van der Waals surface area contributed by atoms with Gasteiger partial charge in [-0.3, -0.25) is 0 Å². The Morgan fingerprint density at radius 1 is 0.889 bits per heavy atom. The Balaban J connectivity index is 2.91. The molecule has 0 aromatic carbocycles. The van der Waals surface area contributed by atoms with Crippen molar-refractivity contribution >= 4 is 31.4 Å². The van der Waals surface area contributed by atoms with E-state index in [9.17, 15) is 0 Å². The van der Waals surface area contributed by atoms with Crippen LogP contribution in [0.2, 0.25) is 0 Å². The first-order valence-corrected chi connectivity index (χ1v) is 6.24. The minimum atomic E-state index is 1.74. The minimum absolute atomic E-state index is 1.74. The van der Waals surface area contributed by atoms with Gasteiger partial charge in [-0.2, -0.15) is 0 Å². The van der Waals surface area contributed by atoms with E-state index in [1.54, 1.807) is 31.4 Å². The van der Waals surface area contributed by atoms with Crippen molar-refractivity contribution < 1.29 is 0 Å². The third kappa shape index (κ3) is 8.53. The number of rotatable bonds is 4. The Labute approximate surface area is 68.4 Å². The fourth-order valence-electron chi connectivity index (χ4n) is 0.179. The second kappa shape index (κ2) is 8.53. The average molecular weight is 178 g/mol. The molecule has 0 radical (unpaired) electrons. The number of allylic oxidation sites excluding steroid dienone is 2. The molecule has 0 aromatic heterocycles. The van der Waals surface area contributed by atoms with Crippen molar-refractivity contribution in [3.8, 4) is 0 Å². The SMILES string of the molecule is CC=CSSS/C=C/C. The second-order valence-corrected chi connectivity index (χ2v) is 5.05. The van der Waals surface area contributed by atoms with E-state index in [0.29, 0.717) is 0 Å². The van der Waals surface area contributed by atoms with E-state index in [1.807, 2.05) is 26.0 Å². The van der Waals surface area contributed by atoms with Gasteiger partial charge in [0.15, 0.2) is 0 Å². The number of hydrogen-bond donors (Lipinski definition) is 0. The van der Waals surface area contributed by atoms with Crippen LogP contribution >= 0.6 is 31.4 Å². The summed E-state index contributed by atoms with van der Waals surface area (Å²) in [5.41, 5.74) is 0. The molecule has 0 spiro atoms. The Morgan fingerprint density at radius 2 is 1.33 bits per heavy atom. The van der Waals surface area contributed by atoms with Gasteiger partial charge in [-0.1, -0.05) is 33.7 Å². The summed E-state index contributed by atoms with van der Waals surface area (Å²) < 4.78 is 0. The highest BCUT2D eigenvalue weighted by Gasteiger charge is 1.78. The largest absolute Gasteiger partial charge is 0.0804 e. The van der Waals surface area contributed by atoms with Crippen LogP contribution in [0.4, 0.5) is 0 Å². The van der Waals surface area contributed by atoms with Crippen molar-refractivity contribution in [2.75, 3.05) is 0 Å². The van der Waals surface area contributed by atoms with Crippen LogP contribution in [0.3, 0.4) is 0 Å². The summed E-state index contributed by atoms with van der Waals surface area (Å²) in [6.45, 7) is 4.04. The third-order valence-corrected chi connectivity index (χ3v) is 3.94. The molecule has 0 aliphatic carbocycles. The highest BCUT2D eigenvalue weighted by molar-refractivity contribution is 9.10. The average Bonchev–Trinajstić information content (AvgIpc) is 1.89. The van der Waals surface area contributed by atoms with E-state index in [2.05, 4.69) is 10.8 Å². The molecule has 0 rings (SSSR count). The molecule has 0 N–H and O–H groups in total. The third-order valence-electron chi connectivity index (χ3n) is 0.462. The van der Waals surface area contributed by atoms with Crippen molar-refractivity contribution in [1.82, 2.24) is 0 Å². The van der Waals surface area contributed by atoms with Crippen LogP contribution in [0.25, 0.3) is 0 Å². The molecule has 0 fully saturated rings. The van der Waals surface area contributed by atoms with Crippen LogP contribution in [0.15, 0.2) is 23.0 Å². The zero-order valence-corrected chi connectivity index (χ0v) is 7.98. The molecule has 0 amide bonds. The topological polar surface area (TPSA) is 0 Å². The van der Waals surface area contributed by atoms with Gasteiger partial charge in [0.05, 0.1) is 0 Å². The molecule has 0 aliphatic heterocycles. The molecule has 3 heteroatoms. The van der Waals surface area contributed by atoms with Crippen molar-refractivity contribution in [2.45, 2.75) is 13.8 Å². The minimum Gasteiger partial charge on any atom is -0.0804 e. The summed E-state index contributed by atoms with van der Waals surface area (Å²) in [7, 11) is 5.24. The maximum Gasteiger partial charge on any atom is -0.0158 e. The van der Waals surface area contributed by atoms with Crippen LogP contribution in [-0.4, -0.2) is 0 Å². The van der Waals surface area contributed by atoms with Gasteiger partial charge < -0.3 is 0 Å². The maximum atomic E-state index is 2.07. The van der Waals surface area contributed by atoms with Crippen molar-refractivity contribution in [3.05, 3.63) is 23.0 Å². The van der Waals surface area contributed by atoms with E-state index < -0.39 is 0 Å². The Hall–Kier alpha value is 0.530. The molecule has 52 valence electrons. The van der Waals surface area contributed by atoms with Crippen molar-refractivity contribution in [3.63, 3.8) is 0 Å². The summed E-state index contributed by atoms with van der Waals surface area (Å²) in [6.07, 6.45) is 4.07. The quantitative estimate of drug-likeness (QED) is 0.470. The standard InChI is InChI=1S/C6H10S3/c1-3-5-7-9-8-6-4-2/h3-6H,1-2H3/b5-3+,6-4?. The molecule has 0 atom stereocenters. The van der Waals surface area contributed by atoms with Crippen LogP contribution in [0, 0.1) is 0 Å². The molecule has 9 heavy (non-hydrogen) atoms. The zero-order valence-electron chi connectivity index (χ0n) is 5.53. The Kier molecular flexibility index (Phi) is 9.03. The van der Waals surface area contributed by atoms with Gasteiger partial charge in [-0.15, -0.1) is 0 Å². The van der Waals surface area contributed by atoms with E-state index in [4.69, 9.17) is 0 Å². The Morgan fingerprint density at radius 3 is 1.67 bits per heavy atom. The van der Waals surface area contributed by atoms with Crippen molar-refractivity contribution in [1.29, 1.82) is 0 Å². The molecule has 0 aliphatic rings. The van der Waals surface area contributed by atoms with Gasteiger partial charge in [0.2, 0.25) is 0 Å². The summed E-state index contributed by atoms with van der Waals surface area (Å²) >= 11 is 0. The first-order valence-electron chi connectivity index (χ1n) is 2.63.